The van der Waals surface area contributed by atoms with Crippen LogP contribution in [0, 0.1) is 6.92 Å². The lowest BCUT2D eigenvalue weighted by Crippen LogP contribution is -2.32. The van der Waals surface area contributed by atoms with Gasteiger partial charge < -0.3 is 5.32 Å². The highest BCUT2D eigenvalue weighted by molar-refractivity contribution is 7.17. The molecule has 0 aliphatic carbocycles. The molecule has 0 spiro atoms. The van der Waals surface area contributed by atoms with Gasteiger partial charge in [-0.15, -0.1) is 35.1 Å². The molecule has 4 rings (SSSR count). The van der Waals surface area contributed by atoms with Crippen molar-refractivity contribution < 1.29 is 4.79 Å². The Morgan fingerprint density at radius 1 is 1.38 bits per heavy atom. The van der Waals surface area contributed by atoms with Crippen molar-refractivity contribution in [2.24, 2.45) is 0 Å². The molecule has 3 aromatic heterocycles. The third-order valence-electron chi connectivity index (χ3n) is 4.20. The molecule has 1 aliphatic heterocycles. The minimum absolute atomic E-state index is 0. The fourth-order valence-corrected chi connectivity index (χ4v) is 4.51. The lowest BCUT2D eigenvalue weighted by atomic mass is 10.1. The van der Waals surface area contributed by atoms with Gasteiger partial charge in [-0.1, -0.05) is 0 Å². The average Bonchev–Trinajstić information content (AvgIpc) is 3.35. The number of halogens is 1. The molecule has 1 unspecified atom stereocenters. The van der Waals surface area contributed by atoms with Crippen molar-refractivity contribution in [1.82, 2.24) is 20.1 Å². The summed E-state index contributed by atoms with van der Waals surface area (Å²) in [6, 6.07) is 6.22. The van der Waals surface area contributed by atoms with Crippen molar-refractivity contribution in [3.8, 4) is 10.6 Å². The largest absolute Gasteiger partial charge is 0.315 e. The van der Waals surface area contributed by atoms with E-state index in [2.05, 4.69) is 39.8 Å². The number of nitrogens with zero attached hydrogens (tertiary/aromatic N) is 3. The molecule has 1 fully saturated rings. The van der Waals surface area contributed by atoms with E-state index in [1.54, 1.807) is 17.4 Å². The highest BCUT2D eigenvalue weighted by atomic mass is 35.5. The normalized spacial score (nSPS) is 16.9. The minimum Gasteiger partial charge on any atom is -0.315 e. The lowest BCUT2D eigenvalue weighted by molar-refractivity contribution is 0.102. The standard InChI is InChI=1S/C17H19N5OS2.ClH/c1-11-4-5-15(25-11)14-10-24-17(19-14)20-16(23)13-6-8-22(21-13)12-3-2-7-18-9-12;/h4-6,8,10,12,18H,2-3,7,9H2,1H3,(H,19,20,23);1H. The molecule has 0 saturated carbocycles. The summed E-state index contributed by atoms with van der Waals surface area (Å²) in [7, 11) is 0. The van der Waals surface area contributed by atoms with Gasteiger partial charge in [0.15, 0.2) is 10.8 Å². The first-order valence-electron chi connectivity index (χ1n) is 8.28. The van der Waals surface area contributed by atoms with Gasteiger partial charge in [0.1, 0.15) is 0 Å². The Morgan fingerprint density at radius 2 is 2.27 bits per heavy atom. The first kappa shape index (κ1) is 19.0. The van der Waals surface area contributed by atoms with Crippen LogP contribution in [-0.4, -0.2) is 33.8 Å². The SMILES string of the molecule is Cc1ccc(-c2csc(NC(=O)c3ccn(C4CCCNC4)n3)n2)s1.Cl. The van der Waals surface area contributed by atoms with Crippen LogP contribution < -0.4 is 10.6 Å². The number of anilines is 1. The summed E-state index contributed by atoms with van der Waals surface area (Å²) >= 11 is 3.13. The molecule has 1 atom stereocenters. The molecule has 138 valence electrons. The maximum atomic E-state index is 12.4. The van der Waals surface area contributed by atoms with Crippen LogP contribution in [0.5, 0.6) is 0 Å². The number of aromatic nitrogens is 3. The maximum Gasteiger partial charge on any atom is 0.277 e. The Labute approximate surface area is 166 Å². The Morgan fingerprint density at radius 3 is 3.00 bits per heavy atom. The number of piperidine rings is 1. The number of thiophene rings is 1. The van der Waals surface area contributed by atoms with Crippen LogP contribution in [-0.2, 0) is 0 Å². The average molecular weight is 410 g/mol. The zero-order valence-corrected chi connectivity index (χ0v) is 16.7. The molecule has 9 heteroatoms. The highest BCUT2D eigenvalue weighted by Crippen LogP contribution is 2.30. The summed E-state index contributed by atoms with van der Waals surface area (Å²) in [6.45, 7) is 4.03. The predicted octanol–water partition coefficient (Wildman–Crippen LogP) is 3.98. The molecule has 0 radical (unpaired) electrons. The van der Waals surface area contributed by atoms with Gasteiger partial charge >= 0.3 is 0 Å². The predicted molar refractivity (Wildman–Crippen MR) is 109 cm³/mol. The number of carbonyl (C=O) groups is 1. The van der Waals surface area contributed by atoms with Crippen LogP contribution in [0.1, 0.15) is 34.2 Å². The smallest absolute Gasteiger partial charge is 0.277 e. The van der Waals surface area contributed by atoms with Crippen LogP contribution in [0.2, 0.25) is 0 Å². The van der Waals surface area contributed by atoms with Gasteiger partial charge in [-0.3, -0.25) is 14.8 Å². The van der Waals surface area contributed by atoms with Gasteiger partial charge in [-0.2, -0.15) is 5.10 Å². The van der Waals surface area contributed by atoms with E-state index in [9.17, 15) is 4.79 Å². The summed E-state index contributed by atoms with van der Waals surface area (Å²) in [4.78, 5) is 19.3. The number of rotatable bonds is 4. The second kappa shape index (κ2) is 8.30. The molecule has 26 heavy (non-hydrogen) atoms. The third kappa shape index (κ3) is 4.15. The Hall–Kier alpha value is -1.74. The van der Waals surface area contributed by atoms with Gasteiger partial charge in [0.2, 0.25) is 0 Å². The van der Waals surface area contributed by atoms with E-state index in [4.69, 9.17) is 0 Å². The number of hydrogen-bond acceptors (Lipinski definition) is 6. The van der Waals surface area contributed by atoms with Crippen LogP contribution in [0.4, 0.5) is 5.13 Å². The van der Waals surface area contributed by atoms with E-state index < -0.39 is 0 Å². The van der Waals surface area contributed by atoms with Crippen molar-refractivity contribution in [3.63, 3.8) is 0 Å². The second-order valence-corrected chi connectivity index (χ2v) is 8.23. The van der Waals surface area contributed by atoms with Crippen molar-refractivity contribution >= 4 is 46.1 Å². The molecule has 1 amide bonds. The van der Waals surface area contributed by atoms with E-state index in [0.717, 1.165) is 36.5 Å². The van der Waals surface area contributed by atoms with E-state index in [0.29, 0.717) is 16.9 Å². The maximum absolute atomic E-state index is 12.4. The molecular weight excluding hydrogens is 390 g/mol. The Balaban J connectivity index is 0.00000196. The molecule has 6 nitrogen and oxygen atoms in total. The van der Waals surface area contributed by atoms with Crippen LogP contribution in [0.3, 0.4) is 0 Å². The van der Waals surface area contributed by atoms with Crippen molar-refractivity contribution in [1.29, 1.82) is 0 Å². The number of carbonyl (C=O) groups excluding carboxylic acids is 1. The molecule has 4 heterocycles. The van der Waals surface area contributed by atoms with Gasteiger partial charge in [0.25, 0.3) is 5.91 Å². The fourth-order valence-electron chi connectivity index (χ4n) is 2.90. The van der Waals surface area contributed by atoms with Crippen LogP contribution in [0.25, 0.3) is 10.6 Å². The highest BCUT2D eigenvalue weighted by Gasteiger charge is 2.18. The summed E-state index contributed by atoms with van der Waals surface area (Å²) in [5.74, 6) is -0.217. The van der Waals surface area contributed by atoms with E-state index in [1.807, 2.05) is 16.3 Å². The summed E-state index contributed by atoms with van der Waals surface area (Å²) < 4.78 is 1.89. The van der Waals surface area contributed by atoms with E-state index in [1.165, 1.54) is 16.2 Å². The van der Waals surface area contributed by atoms with Gasteiger partial charge in [-0.05, 0) is 44.5 Å². The Kier molecular flexibility index (Phi) is 6.08. The van der Waals surface area contributed by atoms with Gasteiger partial charge in [0, 0.05) is 23.0 Å². The lowest BCUT2D eigenvalue weighted by Gasteiger charge is -2.22. The second-order valence-electron chi connectivity index (χ2n) is 6.08. The molecule has 1 aliphatic rings. The molecule has 1 saturated heterocycles. The van der Waals surface area contributed by atoms with Crippen molar-refractivity contribution in [2.75, 3.05) is 18.4 Å². The third-order valence-corrected chi connectivity index (χ3v) is 5.98. The van der Waals surface area contributed by atoms with E-state index >= 15 is 0 Å². The van der Waals surface area contributed by atoms with Crippen LogP contribution in [0.15, 0.2) is 29.8 Å². The monoisotopic (exact) mass is 409 g/mol. The Bertz CT molecular complexity index is 881. The summed E-state index contributed by atoms with van der Waals surface area (Å²) in [6.07, 6.45) is 4.11. The molecular formula is C17H20ClN5OS2. The summed E-state index contributed by atoms with van der Waals surface area (Å²) in [5.41, 5.74) is 1.33. The van der Waals surface area contributed by atoms with Crippen molar-refractivity contribution in [2.45, 2.75) is 25.8 Å². The zero-order valence-electron chi connectivity index (χ0n) is 14.3. The zero-order chi connectivity index (χ0) is 17.2. The molecule has 0 aromatic carbocycles. The number of aryl methyl sites for hydroxylation is 1. The first-order chi connectivity index (χ1) is 12.2. The topological polar surface area (TPSA) is 71.8 Å². The summed E-state index contributed by atoms with van der Waals surface area (Å²) in [5, 5.41) is 13.2. The number of nitrogens with one attached hydrogen (secondary N) is 2. The molecule has 3 aromatic rings. The van der Waals surface area contributed by atoms with Gasteiger partial charge in [-0.25, -0.2) is 4.98 Å². The molecule has 2 N–H and O–H groups in total. The number of thiazole rings is 1. The quantitative estimate of drug-likeness (QED) is 0.683. The number of hydrogen-bond donors (Lipinski definition) is 2. The number of amides is 1. The van der Waals surface area contributed by atoms with Gasteiger partial charge in [0.05, 0.1) is 16.6 Å². The first-order valence-corrected chi connectivity index (χ1v) is 9.98. The van der Waals surface area contributed by atoms with Crippen molar-refractivity contribution in [3.05, 3.63) is 40.3 Å². The van der Waals surface area contributed by atoms with E-state index in [-0.39, 0.29) is 18.3 Å². The molecule has 0 bridgehead atoms. The van der Waals surface area contributed by atoms with Crippen LogP contribution >= 0.6 is 35.1 Å². The fraction of sp³-hybridized carbons (Fsp3) is 0.353. The minimum atomic E-state index is -0.217.